The lowest BCUT2D eigenvalue weighted by atomic mass is 9.99. The summed E-state index contributed by atoms with van der Waals surface area (Å²) in [7, 11) is 0. The van der Waals surface area contributed by atoms with Crippen molar-refractivity contribution in [3.63, 3.8) is 0 Å². The predicted molar refractivity (Wildman–Crippen MR) is 71.7 cm³/mol. The Morgan fingerprint density at radius 2 is 1.39 bits per heavy atom. The Kier molecular flexibility index (Phi) is 3.86. The Balaban J connectivity index is 2.35. The topological polar surface area (TPSA) is 53.0 Å². The monoisotopic (exact) mass is 238 g/mol. The highest BCUT2D eigenvalue weighted by Gasteiger charge is 2.14. The molecule has 0 saturated carbocycles. The van der Waals surface area contributed by atoms with Gasteiger partial charge in [-0.25, -0.2) is 0 Å². The Hall–Kier alpha value is -2.42. The molecule has 0 radical (unpaired) electrons. The van der Waals surface area contributed by atoms with Gasteiger partial charge in [-0.05, 0) is 11.1 Å². The highest BCUT2D eigenvalue weighted by molar-refractivity contribution is 6.25. The molecule has 0 aliphatic heterocycles. The first-order valence-electron chi connectivity index (χ1n) is 5.71. The van der Waals surface area contributed by atoms with Gasteiger partial charge in [0.1, 0.15) is 0 Å². The second kappa shape index (κ2) is 5.77. The van der Waals surface area contributed by atoms with E-state index in [0.29, 0.717) is 6.29 Å². The zero-order chi connectivity index (χ0) is 12.8. The van der Waals surface area contributed by atoms with E-state index < -0.39 is 0 Å². The highest BCUT2D eigenvalue weighted by atomic mass is 16.1. The summed E-state index contributed by atoms with van der Waals surface area (Å²) < 4.78 is 0. The molecule has 0 fully saturated rings. The molecule has 2 aromatic carbocycles. The highest BCUT2D eigenvalue weighted by Crippen LogP contribution is 2.21. The van der Waals surface area contributed by atoms with E-state index in [1.165, 1.54) is 0 Å². The number of nitrogens with one attached hydrogen (secondary N) is 2. The number of carbonyl (C=O) groups is 1. The van der Waals surface area contributed by atoms with E-state index >= 15 is 0 Å². The van der Waals surface area contributed by atoms with Gasteiger partial charge in [0.05, 0.1) is 6.04 Å². The lowest BCUT2D eigenvalue weighted by molar-refractivity contribution is -0.103. The van der Waals surface area contributed by atoms with Crippen LogP contribution in [0.2, 0.25) is 0 Å². The number of rotatable bonds is 4. The van der Waals surface area contributed by atoms with E-state index in [1.807, 2.05) is 60.7 Å². The van der Waals surface area contributed by atoms with E-state index in [0.717, 1.165) is 11.1 Å². The summed E-state index contributed by atoms with van der Waals surface area (Å²) in [5, 5.41) is 10.4. The summed E-state index contributed by atoms with van der Waals surface area (Å²) in [5.41, 5.74) is 2.05. The molecule has 18 heavy (non-hydrogen) atoms. The smallest absolute Gasteiger partial charge is 0.184 e. The van der Waals surface area contributed by atoms with Gasteiger partial charge in [-0.1, -0.05) is 60.7 Å². The molecule has 0 bridgehead atoms. The zero-order valence-corrected chi connectivity index (χ0v) is 9.84. The van der Waals surface area contributed by atoms with Gasteiger partial charge in [0, 0.05) is 0 Å². The largest absolute Gasteiger partial charge is 0.357 e. The minimum Gasteiger partial charge on any atom is -0.357 e. The lowest BCUT2D eigenvalue weighted by Crippen LogP contribution is -2.29. The van der Waals surface area contributed by atoms with E-state index in [9.17, 15) is 4.79 Å². The van der Waals surface area contributed by atoms with Crippen LogP contribution in [0.25, 0.3) is 0 Å². The van der Waals surface area contributed by atoms with Crippen molar-refractivity contribution in [3.8, 4) is 0 Å². The van der Waals surface area contributed by atoms with Crippen LogP contribution >= 0.6 is 0 Å². The lowest BCUT2D eigenvalue weighted by Gasteiger charge is -2.19. The summed E-state index contributed by atoms with van der Waals surface area (Å²) in [6.45, 7) is 0. The third kappa shape index (κ3) is 2.83. The second-order valence-corrected chi connectivity index (χ2v) is 3.93. The van der Waals surface area contributed by atoms with Gasteiger partial charge in [0.15, 0.2) is 12.1 Å². The van der Waals surface area contributed by atoms with Crippen molar-refractivity contribution in [2.45, 2.75) is 6.04 Å². The first-order chi connectivity index (χ1) is 8.81. The van der Waals surface area contributed by atoms with Gasteiger partial charge in [0.25, 0.3) is 0 Å². The van der Waals surface area contributed by atoms with Crippen LogP contribution in [0.5, 0.6) is 0 Å². The maximum Gasteiger partial charge on any atom is 0.184 e. The van der Waals surface area contributed by atoms with Gasteiger partial charge in [-0.15, -0.1) is 0 Å². The molecule has 3 heteroatoms. The fourth-order valence-corrected chi connectivity index (χ4v) is 1.84. The van der Waals surface area contributed by atoms with Gasteiger partial charge < -0.3 is 5.32 Å². The predicted octanol–water partition coefficient (Wildman–Crippen LogP) is 2.54. The van der Waals surface area contributed by atoms with E-state index in [4.69, 9.17) is 5.41 Å². The van der Waals surface area contributed by atoms with E-state index in [2.05, 4.69) is 5.32 Å². The second-order valence-electron chi connectivity index (χ2n) is 3.93. The summed E-state index contributed by atoms with van der Waals surface area (Å²) >= 11 is 0. The van der Waals surface area contributed by atoms with Crippen LogP contribution in [0, 0.1) is 5.41 Å². The van der Waals surface area contributed by atoms with Crippen LogP contribution < -0.4 is 5.32 Å². The third-order valence-corrected chi connectivity index (χ3v) is 2.68. The maximum atomic E-state index is 10.6. The minimum atomic E-state index is -0.176. The molecule has 2 aromatic rings. The summed E-state index contributed by atoms with van der Waals surface area (Å²) in [4.78, 5) is 10.6. The van der Waals surface area contributed by atoms with Gasteiger partial charge in [0.2, 0.25) is 0 Å². The van der Waals surface area contributed by atoms with Crippen LogP contribution in [0.1, 0.15) is 17.2 Å². The van der Waals surface area contributed by atoms with Crippen molar-refractivity contribution in [1.29, 1.82) is 5.41 Å². The third-order valence-electron chi connectivity index (χ3n) is 2.68. The van der Waals surface area contributed by atoms with Crippen LogP contribution in [0.15, 0.2) is 60.7 Å². The molecule has 0 aliphatic rings. The molecule has 2 rings (SSSR count). The van der Waals surface area contributed by atoms with Crippen LogP contribution in [-0.2, 0) is 4.79 Å². The zero-order valence-electron chi connectivity index (χ0n) is 9.84. The van der Waals surface area contributed by atoms with Crippen molar-refractivity contribution in [2.24, 2.45) is 0 Å². The molecule has 0 spiro atoms. The molecule has 0 amide bonds. The Labute approximate surface area is 106 Å². The van der Waals surface area contributed by atoms with Crippen molar-refractivity contribution < 1.29 is 4.79 Å². The van der Waals surface area contributed by atoms with Crippen molar-refractivity contribution in [1.82, 2.24) is 5.32 Å². The molecule has 0 unspecified atom stereocenters. The Morgan fingerprint density at radius 3 is 1.78 bits per heavy atom. The quantitative estimate of drug-likeness (QED) is 0.488. The first kappa shape index (κ1) is 12.0. The van der Waals surface area contributed by atoms with Crippen LogP contribution in [0.3, 0.4) is 0 Å². The summed E-state index contributed by atoms with van der Waals surface area (Å²) in [5.74, 6) is -0.118. The Bertz CT molecular complexity index is 483. The summed E-state index contributed by atoms with van der Waals surface area (Å²) in [6, 6.07) is 19.4. The molecule has 0 aliphatic carbocycles. The number of hydrogen-bond acceptors (Lipinski definition) is 2. The number of amidine groups is 1. The van der Waals surface area contributed by atoms with Gasteiger partial charge in [-0.2, -0.15) is 0 Å². The number of aldehydes is 1. The molecule has 0 heterocycles. The van der Waals surface area contributed by atoms with E-state index in [-0.39, 0.29) is 11.9 Å². The fraction of sp³-hybridized carbons (Fsp3) is 0.0667. The number of benzene rings is 2. The number of carbonyl (C=O) groups excluding carboxylic acids is 1. The average Bonchev–Trinajstić information content (AvgIpc) is 2.46. The molecule has 3 nitrogen and oxygen atoms in total. The van der Waals surface area contributed by atoms with Gasteiger partial charge in [-0.3, -0.25) is 10.2 Å². The SMILES string of the molecule is N=C(C=O)NC(c1ccccc1)c1ccccc1. The minimum absolute atomic E-state index is 0.118. The molecule has 90 valence electrons. The molecular formula is C15H14N2O. The molecule has 0 aromatic heterocycles. The number of hydrogen-bond donors (Lipinski definition) is 2. The van der Waals surface area contributed by atoms with Crippen molar-refractivity contribution >= 4 is 12.1 Å². The van der Waals surface area contributed by atoms with Crippen LogP contribution in [-0.4, -0.2) is 12.1 Å². The van der Waals surface area contributed by atoms with Crippen molar-refractivity contribution in [2.75, 3.05) is 0 Å². The normalized spacial score (nSPS) is 10.1. The van der Waals surface area contributed by atoms with Crippen molar-refractivity contribution in [3.05, 3.63) is 71.8 Å². The maximum absolute atomic E-state index is 10.6. The molecule has 0 atom stereocenters. The average molecular weight is 238 g/mol. The molecule has 0 saturated heterocycles. The van der Waals surface area contributed by atoms with E-state index in [1.54, 1.807) is 0 Å². The standard InChI is InChI=1S/C15H14N2O/c16-14(11-18)17-15(12-7-3-1-4-8-12)13-9-5-2-6-10-13/h1-11,15H,(H2,16,17). The van der Waals surface area contributed by atoms with Crippen LogP contribution in [0.4, 0.5) is 0 Å². The fourth-order valence-electron chi connectivity index (χ4n) is 1.84. The summed E-state index contributed by atoms with van der Waals surface area (Å²) in [6.07, 6.45) is 0.513. The Morgan fingerprint density at radius 1 is 0.944 bits per heavy atom. The first-order valence-corrected chi connectivity index (χ1v) is 5.71. The van der Waals surface area contributed by atoms with Gasteiger partial charge >= 0.3 is 0 Å². The molecular weight excluding hydrogens is 224 g/mol. The molecule has 2 N–H and O–H groups in total.